The van der Waals surface area contributed by atoms with Gasteiger partial charge in [-0.25, -0.2) is 8.78 Å². The molecular formula is C35H42F4N4O2. The highest BCUT2D eigenvalue weighted by atomic mass is 19.3. The lowest BCUT2D eigenvalue weighted by Crippen LogP contribution is -2.49. The molecule has 6 rings (SSSR count). The average molecular weight is 627 g/mol. The minimum absolute atomic E-state index is 0.00445. The molecule has 2 saturated carbocycles. The lowest BCUT2D eigenvalue weighted by Gasteiger charge is -2.46. The quantitative estimate of drug-likeness (QED) is 0.222. The number of carbonyl (C=O) groups is 1. The maximum Gasteiger partial charge on any atom is 0.345 e. The number of ketones is 1. The van der Waals surface area contributed by atoms with Gasteiger partial charge in [-0.2, -0.15) is 8.78 Å². The lowest BCUT2D eigenvalue weighted by molar-refractivity contribution is -0.192. The monoisotopic (exact) mass is 626 g/mol. The van der Waals surface area contributed by atoms with Gasteiger partial charge in [0.1, 0.15) is 12.2 Å². The molecule has 1 aromatic heterocycles. The first kappa shape index (κ1) is 31.9. The van der Waals surface area contributed by atoms with Crippen LogP contribution in [0.5, 0.6) is 0 Å². The van der Waals surface area contributed by atoms with Gasteiger partial charge in [-0.05, 0) is 106 Å². The zero-order valence-corrected chi connectivity index (χ0v) is 26.4. The number of nitrogens with zero attached hydrogens (tertiary/aromatic N) is 3. The van der Waals surface area contributed by atoms with Gasteiger partial charge < -0.3 is 14.6 Å². The molecule has 242 valence electrons. The summed E-state index contributed by atoms with van der Waals surface area (Å²) in [6.07, 6.45) is 7.08. The molecule has 1 N–H and O–H groups in total. The van der Waals surface area contributed by atoms with E-state index in [1.807, 2.05) is 42.8 Å². The topological polar surface area (TPSA) is 69.0 Å². The number of hydrogen-bond donors (Lipinski definition) is 1. The summed E-state index contributed by atoms with van der Waals surface area (Å²) in [5, 5.41) is 11.9. The van der Waals surface area contributed by atoms with Crippen LogP contribution in [0, 0.1) is 5.92 Å². The first-order chi connectivity index (χ1) is 21.3. The molecule has 10 heteroatoms. The van der Waals surface area contributed by atoms with Gasteiger partial charge in [-0.15, -0.1) is 10.2 Å². The molecule has 2 fully saturated rings. The highest BCUT2D eigenvalue weighted by Gasteiger charge is 2.51. The normalized spacial score (nSPS) is 25.0. The van der Waals surface area contributed by atoms with Gasteiger partial charge in [0, 0.05) is 43.1 Å². The Morgan fingerprint density at radius 1 is 1.16 bits per heavy atom. The molecule has 1 unspecified atom stereocenters. The van der Waals surface area contributed by atoms with E-state index in [0.29, 0.717) is 55.5 Å². The van der Waals surface area contributed by atoms with E-state index >= 15 is 8.78 Å². The van der Waals surface area contributed by atoms with E-state index in [4.69, 9.17) is 4.74 Å². The SMILES string of the molecule is C[C@@H](NC1(C)CCC1)c1cc2c(c(C(C)(F)F)c1)CC(CCc1cccc(C3(c4nncn4C)CC(OC(F)F)C3)c1)CC2=O. The van der Waals surface area contributed by atoms with Gasteiger partial charge in [0.25, 0.3) is 5.92 Å². The third kappa shape index (κ3) is 6.32. The Morgan fingerprint density at radius 2 is 1.91 bits per heavy atom. The van der Waals surface area contributed by atoms with Crippen LogP contribution >= 0.6 is 0 Å². The molecule has 2 atom stereocenters. The average Bonchev–Trinajstić information content (AvgIpc) is 3.37. The van der Waals surface area contributed by atoms with Crippen LogP contribution < -0.4 is 5.32 Å². The maximum atomic E-state index is 15.1. The first-order valence-corrected chi connectivity index (χ1v) is 16.0. The van der Waals surface area contributed by atoms with Crippen molar-refractivity contribution in [3.8, 4) is 0 Å². The van der Waals surface area contributed by atoms with Gasteiger partial charge in [0.15, 0.2) is 5.78 Å². The Balaban J connectivity index is 1.20. The zero-order chi connectivity index (χ0) is 32.1. The minimum atomic E-state index is -3.07. The van der Waals surface area contributed by atoms with E-state index in [2.05, 4.69) is 28.5 Å². The Bertz CT molecular complexity index is 1560. The van der Waals surface area contributed by atoms with E-state index in [1.165, 1.54) is 0 Å². The van der Waals surface area contributed by atoms with Gasteiger partial charge in [0.2, 0.25) is 0 Å². The number of halogens is 4. The summed E-state index contributed by atoms with van der Waals surface area (Å²) in [6.45, 7) is 2.23. The predicted octanol–water partition coefficient (Wildman–Crippen LogP) is 7.59. The number of carbonyl (C=O) groups excluding carboxylic acids is 1. The Labute approximate surface area is 262 Å². The number of alkyl halides is 4. The highest BCUT2D eigenvalue weighted by Crippen LogP contribution is 2.50. The van der Waals surface area contributed by atoms with E-state index in [-0.39, 0.29) is 28.8 Å². The molecule has 0 saturated heterocycles. The predicted molar refractivity (Wildman–Crippen MR) is 163 cm³/mol. The first-order valence-electron chi connectivity index (χ1n) is 16.0. The van der Waals surface area contributed by atoms with Crippen molar-refractivity contribution in [2.24, 2.45) is 13.0 Å². The molecule has 2 aromatic carbocycles. The number of rotatable bonds is 11. The molecule has 3 aromatic rings. The van der Waals surface area contributed by atoms with Crippen molar-refractivity contribution in [2.45, 2.75) is 114 Å². The highest BCUT2D eigenvalue weighted by molar-refractivity contribution is 5.99. The molecule has 0 aliphatic heterocycles. The van der Waals surface area contributed by atoms with Crippen LogP contribution in [0.15, 0.2) is 42.7 Å². The fraction of sp³-hybridized carbons (Fsp3) is 0.571. The van der Waals surface area contributed by atoms with E-state index < -0.39 is 24.1 Å². The Hall–Kier alpha value is -3.11. The standard InChI is InChI=1S/C35H42F4N4O2/c1-21(41-33(2)11-6-12-33)24-16-28-27(29(17-24)34(3,38)39)14-23(15-30(28)44)10-9-22-7-5-8-25(13-22)35(31-42-40-20-43(31)4)18-26(19-35)45-32(36)37/h5,7-8,13,16-17,20-21,23,26,32,41H,6,9-12,14-15,18-19H2,1-4H3/t21-,23?,26?,35?/m1/s1. The van der Waals surface area contributed by atoms with Crippen LogP contribution in [0.4, 0.5) is 17.6 Å². The number of benzene rings is 2. The summed E-state index contributed by atoms with van der Waals surface area (Å²) in [6, 6.07) is 11.3. The molecule has 3 aliphatic rings. The van der Waals surface area contributed by atoms with Crippen LogP contribution in [0.2, 0.25) is 0 Å². The molecule has 6 nitrogen and oxygen atoms in total. The van der Waals surface area contributed by atoms with Crippen LogP contribution in [0.1, 0.15) is 116 Å². The third-order valence-electron chi connectivity index (χ3n) is 10.4. The zero-order valence-electron chi connectivity index (χ0n) is 26.4. The molecule has 0 spiro atoms. The number of hydrogen-bond acceptors (Lipinski definition) is 5. The second kappa shape index (κ2) is 11.9. The lowest BCUT2D eigenvalue weighted by atomic mass is 9.61. The van der Waals surface area contributed by atoms with Crippen LogP contribution in [0.25, 0.3) is 0 Å². The van der Waals surface area contributed by atoms with Crippen molar-refractivity contribution in [3.05, 3.63) is 81.9 Å². The number of Topliss-reactive ketones (excluding diaryl/α,β-unsaturated/α-hetero) is 1. The Kier molecular flexibility index (Phi) is 8.44. The molecular weight excluding hydrogens is 584 g/mol. The molecule has 45 heavy (non-hydrogen) atoms. The molecule has 3 aliphatic carbocycles. The summed E-state index contributed by atoms with van der Waals surface area (Å²) >= 11 is 0. The van der Waals surface area contributed by atoms with E-state index in [0.717, 1.165) is 42.9 Å². The van der Waals surface area contributed by atoms with Crippen molar-refractivity contribution in [1.29, 1.82) is 0 Å². The van der Waals surface area contributed by atoms with Crippen molar-refractivity contribution >= 4 is 5.78 Å². The fourth-order valence-corrected chi connectivity index (χ4v) is 7.82. The van der Waals surface area contributed by atoms with Crippen molar-refractivity contribution in [3.63, 3.8) is 0 Å². The summed E-state index contributed by atoms with van der Waals surface area (Å²) in [7, 11) is 1.84. The Morgan fingerprint density at radius 3 is 2.53 bits per heavy atom. The number of nitrogens with one attached hydrogen (secondary N) is 1. The van der Waals surface area contributed by atoms with Crippen molar-refractivity contribution in [2.75, 3.05) is 0 Å². The summed E-state index contributed by atoms with van der Waals surface area (Å²) in [5.41, 5.74) is 3.00. The third-order valence-corrected chi connectivity index (χ3v) is 10.4. The summed E-state index contributed by atoms with van der Waals surface area (Å²) in [4.78, 5) is 13.5. The van der Waals surface area contributed by atoms with Gasteiger partial charge >= 0.3 is 6.61 Å². The second-order valence-corrected chi connectivity index (χ2v) is 14.0. The minimum Gasteiger partial charge on any atom is -0.320 e. The molecule has 1 heterocycles. The van der Waals surface area contributed by atoms with E-state index in [9.17, 15) is 13.6 Å². The van der Waals surface area contributed by atoms with Crippen LogP contribution in [-0.4, -0.2) is 38.8 Å². The molecule has 0 radical (unpaired) electrons. The van der Waals surface area contributed by atoms with Gasteiger partial charge in [-0.3, -0.25) is 4.79 Å². The van der Waals surface area contributed by atoms with Gasteiger partial charge in [0.05, 0.1) is 11.5 Å². The van der Waals surface area contributed by atoms with Crippen molar-refractivity contribution < 1.29 is 27.1 Å². The number of aromatic nitrogens is 3. The second-order valence-electron chi connectivity index (χ2n) is 14.0. The molecule has 0 bridgehead atoms. The van der Waals surface area contributed by atoms with Gasteiger partial charge in [-0.1, -0.05) is 24.3 Å². The maximum absolute atomic E-state index is 15.1. The molecule has 0 amide bonds. The largest absolute Gasteiger partial charge is 0.345 e. The smallest absolute Gasteiger partial charge is 0.320 e. The number of fused-ring (bicyclic) bond motifs is 1. The van der Waals surface area contributed by atoms with Crippen LogP contribution in [0.3, 0.4) is 0 Å². The summed E-state index contributed by atoms with van der Waals surface area (Å²) < 4.78 is 62.6. The van der Waals surface area contributed by atoms with Crippen LogP contribution in [-0.2, 0) is 36.0 Å². The number of aryl methyl sites for hydroxylation is 2. The summed E-state index contributed by atoms with van der Waals surface area (Å²) in [5.74, 6) is -2.52. The number of ether oxygens (including phenoxy) is 1. The van der Waals surface area contributed by atoms with E-state index in [1.54, 1.807) is 12.4 Å². The fourth-order valence-electron chi connectivity index (χ4n) is 7.82. The van der Waals surface area contributed by atoms with Crippen molar-refractivity contribution in [1.82, 2.24) is 20.1 Å².